The van der Waals surface area contributed by atoms with Gasteiger partial charge in [-0.15, -0.1) is 0 Å². The van der Waals surface area contributed by atoms with Gasteiger partial charge in [-0.3, -0.25) is 9.79 Å². The van der Waals surface area contributed by atoms with E-state index >= 15 is 0 Å². The number of piperidine rings is 1. The van der Waals surface area contributed by atoms with Crippen molar-refractivity contribution in [3.63, 3.8) is 0 Å². The molecule has 3 rings (SSSR count). The van der Waals surface area contributed by atoms with Gasteiger partial charge in [0.1, 0.15) is 12.2 Å². The van der Waals surface area contributed by atoms with Crippen LogP contribution in [0.25, 0.3) is 0 Å². The Labute approximate surface area is 179 Å². The van der Waals surface area contributed by atoms with Gasteiger partial charge in [0, 0.05) is 45.3 Å². The first kappa shape index (κ1) is 23.1. The number of aromatic nitrogens is 1. The van der Waals surface area contributed by atoms with Crippen LogP contribution in [0.15, 0.2) is 23.3 Å². The van der Waals surface area contributed by atoms with E-state index in [0.29, 0.717) is 45.4 Å². The minimum Gasteiger partial charge on any atom is -0.475 e. The SMILES string of the molecule is CN=C(NCCOc1ncccc1C(F)(F)F)N1CCC(C(=O)N2CCOCC2)CC1. The molecule has 0 saturated carbocycles. The number of alkyl halides is 3. The van der Waals surface area contributed by atoms with Gasteiger partial charge in [0.25, 0.3) is 0 Å². The molecule has 2 aliphatic rings. The van der Waals surface area contributed by atoms with Crippen LogP contribution in [0.3, 0.4) is 0 Å². The summed E-state index contributed by atoms with van der Waals surface area (Å²) in [6.45, 7) is 4.11. The number of ether oxygens (including phenoxy) is 2. The predicted octanol–water partition coefficient (Wildman–Crippen LogP) is 1.63. The Morgan fingerprint density at radius 2 is 1.97 bits per heavy atom. The van der Waals surface area contributed by atoms with Crippen molar-refractivity contribution in [3.8, 4) is 5.88 Å². The zero-order valence-electron chi connectivity index (χ0n) is 17.5. The average molecular weight is 443 g/mol. The standard InChI is InChI=1S/C20H28F3N5O3/c1-24-19(26-7-12-31-17-16(20(21,22)23)3-2-6-25-17)28-8-4-15(5-9-28)18(29)27-10-13-30-14-11-27/h2-3,6,15H,4-5,7-14H2,1H3,(H,24,26). The summed E-state index contributed by atoms with van der Waals surface area (Å²) in [5.74, 6) is 0.392. The second-order valence-electron chi connectivity index (χ2n) is 7.38. The van der Waals surface area contributed by atoms with Crippen LogP contribution in [-0.4, -0.2) is 86.2 Å². The fourth-order valence-corrected chi connectivity index (χ4v) is 3.74. The van der Waals surface area contributed by atoms with Crippen molar-refractivity contribution < 1.29 is 27.4 Å². The zero-order chi connectivity index (χ0) is 22.3. The molecule has 0 aromatic carbocycles. The van der Waals surface area contributed by atoms with E-state index in [1.165, 1.54) is 12.3 Å². The number of morpholine rings is 1. The van der Waals surface area contributed by atoms with E-state index in [1.807, 2.05) is 9.80 Å². The maximum atomic E-state index is 13.0. The van der Waals surface area contributed by atoms with E-state index in [0.717, 1.165) is 18.9 Å². The maximum Gasteiger partial charge on any atom is 0.421 e. The Bertz CT molecular complexity index is 761. The van der Waals surface area contributed by atoms with Crippen LogP contribution < -0.4 is 10.1 Å². The predicted molar refractivity (Wildman–Crippen MR) is 108 cm³/mol. The number of aliphatic imine (C=N–C) groups is 1. The molecule has 11 heteroatoms. The van der Waals surface area contributed by atoms with Crippen LogP contribution in [0.5, 0.6) is 5.88 Å². The summed E-state index contributed by atoms with van der Waals surface area (Å²) in [6, 6.07) is 2.17. The molecule has 2 fully saturated rings. The van der Waals surface area contributed by atoms with Crippen molar-refractivity contribution >= 4 is 11.9 Å². The minimum absolute atomic E-state index is 0.000680. The number of rotatable bonds is 5. The third-order valence-electron chi connectivity index (χ3n) is 5.38. The number of guanidine groups is 1. The van der Waals surface area contributed by atoms with Gasteiger partial charge < -0.3 is 24.6 Å². The van der Waals surface area contributed by atoms with Crippen molar-refractivity contribution in [3.05, 3.63) is 23.9 Å². The van der Waals surface area contributed by atoms with Crippen LogP contribution in [0.1, 0.15) is 18.4 Å². The zero-order valence-corrected chi connectivity index (χ0v) is 17.5. The Morgan fingerprint density at radius 3 is 2.61 bits per heavy atom. The minimum atomic E-state index is -4.52. The van der Waals surface area contributed by atoms with Crippen molar-refractivity contribution in [2.24, 2.45) is 10.9 Å². The van der Waals surface area contributed by atoms with Crippen LogP contribution >= 0.6 is 0 Å². The van der Waals surface area contributed by atoms with Gasteiger partial charge in [-0.2, -0.15) is 13.2 Å². The van der Waals surface area contributed by atoms with Crippen LogP contribution in [-0.2, 0) is 15.7 Å². The molecule has 0 radical (unpaired) electrons. The number of amides is 1. The summed E-state index contributed by atoms with van der Waals surface area (Å²) in [5, 5.41) is 3.11. The van der Waals surface area contributed by atoms with Gasteiger partial charge >= 0.3 is 6.18 Å². The number of pyridine rings is 1. The molecule has 1 amide bonds. The molecule has 3 heterocycles. The van der Waals surface area contributed by atoms with Crippen molar-refractivity contribution in [2.45, 2.75) is 19.0 Å². The summed E-state index contributed by atoms with van der Waals surface area (Å²) in [6.07, 6.45) is -1.79. The molecule has 1 aromatic heterocycles. The van der Waals surface area contributed by atoms with E-state index in [9.17, 15) is 18.0 Å². The van der Waals surface area contributed by atoms with Crippen molar-refractivity contribution in [1.29, 1.82) is 0 Å². The smallest absolute Gasteiger partial charge is 0.421 e. The maximum absolute atomic E-state index is 13.0. The number of hydrogen-bond donors (Lipinski definition) is 1. The largest absolute Gasteiger partial charge is 0.475 e. The van der Waals surface area contributed by atoms with E-state index in [1.54, 1.807) is 7.05 Å². The molecule has 0 unspecified atom stereocenters. The second-order valence-corrected chi connectivity index (χ2v) is 7.38. The highest BCUT2D eigenvalue weighted by Crippen LogP contribution is 2.34. The van der Waals surface area contributed by atoms with Crippen LogP contribution in [0, 0.1) is 5.92 Å². The van der Waals surface area contributed by atoms with Crippen LogP contribution in [0.4, 0.5) is 13.2 Å². The number of nitrogens with one attached hydrogen (secondary N) is 1. The molecular weight excluding hydrogens is 415 g/mol. The van der Waals surface area contributed by atoms with Gasteiger partial charge in [-0.05, 0) is 25.0 Å². The molecule has 31 heavy (non-hydrogen) atoms. The number of likely N-dealkylation sites (tertiary alicyclic amines) is 1. The fraction of sp³-hybridized carbons (Fsp3) is 0.650. The number of hydrogen-bond acceptors (Lipinski definition) is 5. The highest BCUT2D eigenvalue weighted by atomic mass is 19.4. The summed E-state index contributed by atoms with van der Waals surface area (Å²) in [5.41, 5.74) is -0.897. The average Bonchev–Trinajstić information content (AvgIpc) is 2.79. The van der Waals surface area contributed by atoms with Crippen LogP contribution in [0.2, 0.25) is 0 Å². The van der Waals surface area contributed by atoms with Gasteiger partial charge in [-0.25, -0.2) is 4.98 Å². The lowest BCUT2D eigenvalue weighted by Gasteiger charge is -2.36. The third kappa shape index (κ3) is 6.22. The summed E-state index contributed by atoms with van der Waals surface area (Å²) < 4.78 is 49.5. The monoisotopic (exact) mass is 443 g/mol. The fourth-order valence-electron chi connectivity index (χ4n) is 3.74. The highest BCUT2D eigenvalue weighted by molar-refractivity contribution is 5.81. The first-order valence-electron chi connectivity index (χ1n) is 10.4. The molecule has 8 nitrogen and oxygen atoms in total. The molecule has 1 N–H and O–H groups in total. The molecule has 1 aromatic rings. The van der Waals surface area contributed by atoms with Gasteiger partial charge in [0.15, 0.2) is 5.96 Å². The van der Waals surface area contributed by atoms with Crippen molar-refractivity contribution in [1.82, 2.24) is 20.1 Å². The Kier molecular flexibility index (Phi) is 7.94. The van der Waals surface area contributed by atoms with E-state index in [2.05, 4.69) is 15.3 Å². The molecular formula is C20H28F3N5O3. The van der Waals surface area contributed by atoms with E-state index in [-0.39, 0.29) is 25.0 Å². The molecule has 0 spiro atoms. The van der Waals surface area contributed by atoms with Gasteiger partial charge in [0.05, 0.1) is 19.8 Å². The molecule has 0 aliphatic carbocycles. The van der Waals surface area contributed by atoms with Crippen molar-refractivity contribution in [2.75, 3.05) is 59.6 Å². The summed E-state index contributed by atoms with van der Waals surface area (Å²) in [4.78, 5) is 24.5. The topological polar surface area (TPSA) is 79.3 Å². The Balaban J connectivity index is 1.43. The Morgan fingerprint density at radius 1 is 1.26 bits per heavy atom. The second kappa shape index (κ2) is 10.7. The normalized spacial score (nSPS) is 18.8. The highest BCUT2D eigenvalue weighted by Gasteiger charge is 2.35. The molecule has 172 valence electrons. The molecule has 2 saturated heterocycles. The first-order chi connectivity index (χ1) is 14.9. The lowest BCUT2D eigenvalue weighted by molar-refractivity contribution is -0.141. The molecule has 2 aliphatic heterocycles. The van der Waals surface area contributed by atoms with E-state index < -0.39 is 17.6 Å². The molecule has 0 bridgehead atoms. The number of carbonyl (C=O) groups is 1. The number of halogens is 3. The van der Waals surface area contributed by atoms with Gasteiger partial charge in [-0.1, -0.05) is 0 Å². The molecule has 0 atom stereocenters. The Hall–Kier alpha value is -2.56. The quantitative estimate of drug-likeness (QED) is 0.423. The van der Waals surface area contributed by atoms with E-state index in [4.69, 9.17) is 9.47 Å². The number of carbonyl (C=O) groups excluding carboxylic acids is 1. The summed E-state index contributed by atoms with van der Waals surface area (Å²) in [7, 11) is 1.65. The number of nitrogens with zero attached hydrogens (tertiary/aromatic N) is 4. The lowest BCUT2D eigenvalue weighted by atomic mass is 9.95. The third-order valence-corrected chi connectivity index (χ3v) is 5.38. The lowest BCUT2D eigenvalue weighted by Crippen LogP contribution is -2.50. The summed E-state index contributed by atoms with van der Waals surface area (Å²) >= 11 is 0. The first-order valence-corrected chi connectivity index (χ1v) is 10.4. The van der Waals surface area contributed by atoms with Gasteiger partial charge in [0.2, 0.25) is 11.8 Å².